The van der Waals surface area contributed by atoms with Crippen molar-refractivity contribution < 1.29 is 18.0 Å². The number of nitrogens with zero attached hydrogens (tertiary/aromatic N) is 1. The average molecular weight is 342 g/mol. The van der Waals surface area contributed by atoms with Crippen LogP contribution in [0.1, 0.15) is 27.6 Å². The predicted molar refractivity (Wildman–Crippen MR) is 89.2 cm³/mol. The summed E-state index contributed by atoms with van der Waals surface area (Å²) in [5, 5.41) is 5.04. The predicted octanol–water partition coefficient (Wildman–Crippen LogP) is 2.12. The Morgan fingerprint density at radius 2 is 1.54 bits per heavy atom. The number of ketones is 2. The first-order valence-corrected chi connectivity index (χ1v) is 8.73. The SMILES string of the molecule is CC1C(=O)c2ccccc2C(=O)C1=Nc1ccc(S(N)(=O)=O)cc1. The zero-order chi connectivity index (χ0) is 17.5. The third-order valence-electron chi connectivity index (χ3n) is 3.89. The molecule has 0 heterocycles. The lowest BCUT2D eigenvalue weighted by molar-refractivity contribution is 0.0927. The van der Waals surface area contributed by atoms with Crippen molar-refractivity contribution in [3.05, 3.63) is 59.7 Å². The fourth-order valence-corrected chi connectivity index (χ4v) is 3.10. The normalized spacial score (nSPS) is 19.4. The van der Waals surface area contributed by atoms with Gasteiger partial charge in [0.25, 0.3) is 0 Å². The topological polar surface area (TPSA) is 107 Å². The molecule has 0 saturated heterocycles. The molecule has 0 saturated carbocycles. The van der Waals surface area contributed by atoms with Crippen molar-refractivity contribution in [1.82, 2.24) is 0 Å². The quantitative estimate of drug-likeness (QED) is 0.902. The molecule has 0 bridgehead atoms. The molecule has 0 fully saturated rings. The first-order chi connectivity index (χ1) is 11.3. The number of sulfonamides is 1. The molecule has 1 unspecified atom stereocenters. The van der Waals surface area contributed by atoms with E-state index in [-0.39, 0.29) is 22.2 Å². The van der Waals surface area contributed by atoms with Crippen LogP contribution in [0.3, 0.4) is 0 Å². The Bertz CT molecular complexity index is 976. The van der Waals surface area contributed by atoms with Gasteiger partial charge in [-0.3, -0.25) is 9.59 Å². The number of carbonyl (C=O) groups excluding carboxylic acids is 2. The summed E-state index contributed by atoms with van der Waals surface area (Å²) in [5.74, 6) is -1.12. The number of hydrogen-bond acceptors (Lipinski definition) is 5. The third-order valence-corrected chi connectivity index (χ3v) is 4.82. The zero-order valence-electron chi connectivity index (χ0n) is 12.8. The Morgan fingerprint density at radius 1 is 0.958 bits per heavy atom. The van der Waals surface area contributed by atoms with Crippen LogP contribution < -0.4 is 5.14 Å². The number of hydrogen-bond donors (Lipinski definition) is 1. The monoisotopic (exact) mass is 342 g/mol. The van der Waals surface area contributed by atoms with Gasteiger partial charge in [0.2, 0.25) is 15.8 Å². The molecule has 122 valence electrons. The van der Waals surface area contributed by atoms with E-state index in [2.05, 4.69) is 4.99 Å². The lowest BCUT2D eigenvalue weighted by Crippen LogP contribution is -2.35. The molecule has 2 aromatic carbocycles. The molecular formula is C17H14N2O4S. The van der Waals surface area contributed by atoms with E-state index in [0.29, 0.717) is 16.8 Å². The van der Waals surface area contributed by atoms with E-state index in [9.17, 15) is 18.0 Å². The molecule has 0 aliphatic heterocycles. The molecule has 0 amide bonds. The van der Waals surface area contributed by atoms with Gasteiger partial charge in [-0.05, 0) is 31.2 Å². The average Bonchev–Trinajstić information content (AvgIpc) is 2.56. The second-order valence-corrected chi connectivity index (χ2v) is 7.06. The summed E-state index contributed by atoms with van der Waals surface area (Å²) in [4.78, 5) is 29.2. The molecule has 1 atom stereocenters. The summed E-state index contributed by atoms with van der Waals surface area (Å²) in [6, 6.07) is 12.1. The fourth-order valence-electron chi connectivity index (χ4n) is 2.59. The van der Waals surface area contributed by atoms with E-state index in [1.807, 2.05) is 0 Å². The van der Waals surface area contributed by atoms with E-state index in [1.54, 1.807) is 31.2 Å². The van der Waals surface area contributed by atoms with Gasteiger partial charge in [0, 0.05) is 11.1 Å². The number of Topliss-reactive ketones (excluding diaryl/α,β-unsaturated/α-hetero) is 2. The van der Waals surface area contributed by atoms with Crippen LogP contribution in [-0.4, -0.2) is 25.7 Å². The molecule has 2 N–H and O–H groups in total. The first kappa shape index (κ1) is 16.2. The lowest BCUT2D eigenvalue weighted by atomic mass is 9.81. The third kappa shape index (κ3) is 2.79. The molecule has 0 radical (unpaired) electrons. The summed E-state index contributed by atoms with van der Waals surface area (Å²) in [5.41, 5.74) is 1.26. The zero-order valence-corrected chi connectivity index (χ0v) is 13.6. The van der Waals surface area contributed by atoms with Gasteiger partial charge in [-0.2, -0.15) is 0 Å². The Hall–Kier alpha value is -2.64. The molecule has 1 aliphatic rings. The molecular weight excluding hydrogens is 328 g/mol. The second-order valence-electron chi connectivity index (χ2n) is 5.50. The summed E-state index contributed by atoms with van der Waals surface area (Å²) in [7, 11) is -3.79. The van der Waals surface area contributed by atoms with Crippen molar-refractivity contribution in [1.29, 1.82) is 0 Å². The van der Waals surface area contributed by atoms with Gasteiger partial charge in [-0.15, -0.1) is 0 Å². The summed E-state index contributed by atoms with van der Waals surface area (Å²) < 4.78 is 22.5. The maximum atomic E-state index is 12.6. The van der Waals surface area contributed by atoms with Crippen LogP contribution in [0.4, 0.5) is 5.69 Å². The molecule has 3 rings (SSSR count). The van der Waals surface area contributed by atoms with Gasteiger partial charge in [-0.25, -0.2) is 18.5 Å². The van der Waals surface area contributed by atoms with Crippen molar-refractivity contribution in [2.24, 2.45) is 16.0 Å². The highest BCUT2D eigenvalue weighted by molar-refractivity contribution is 7.89. The minimum absolute atomic E-state index is 0.0455. The van der Waals surface area contributed by atoms with E-state index in [0.717, 1.165) is 0 Å². The minimum Gasteiger partial charge on any atom is -0.293 e. The summed E-state index contributed by atoms with van der Waals surface area (Å²) >= 11 is 0. The minimum atomic E-state index is -3.79. The number of carbonyl (C=O) groups is 2. The molecule has 0 spiro atoms. The van der Waals surface area contributed by atoms with Crippen LogP contribution in [0.25, 0.3) is 0 Å². The lowest BCUT2D eigenvalue weighted by Gasteiger charge is -2.21. The van der Waals surface area contributed by atoms with Gasteiger partial charge in [0.05, 0.1) is 22.2 Å². The van der Waals surface area contributed by atoms with Crippen molar-refractivity contribution in [2.75, 3.05) is 0 Å². The molecule has 1 aliphatic carbocycles. The Labute approximate surface area is 139 Å². The van der Waals surface area contributed by atoms with Crippen LogP contribution in [0.15, 0.2) is 58.4 Å². The van der Waals surface area contributed by atoms with Gasteiger partial charge >= 0.3 is 0 Å². The van der Waals surface area contributed by atoms with Crippen LogP contribution in [0.2, 0.25) is 0 Å². The van der Waals surface area contributed by atoms with E-state index in [1.165, 1.54) is 24.3 Å². The van der Waals surface area contributed by atoms with E-state index in [4.69, 9.17) is 5.14 Å². The fraction of sp³-hybridized carbons (Fsp3) is 0.118. The second kappa shape index (κ2) is 5.77. The number of benzene rings is 2. The number of fused-ring (bicyclic) bond motifs is 1. The number of primary sulfonamides is 1. The summed E-state index contributed by atoms with van der Waals surface area (Å²) in [6.07, 6.45) is 0. The number of nitrogens with two attached hydrogens (primary N) is 1. The highest BCUT2D eigenvalue weighted by Gasteiger charge is 2.35. The Kier molecular flexibility index (Phi) is 3.90. The summed E-state index contributed by atoms with van der Waals surface area (Å²) in [6.45, 7) is 1.63. The van der Waals surface area contributed by atoms with Gasteiger partial charge in [0.15, 0.2) is 5.78 Å². The largest absolute Gasteiger partial charge is 0.293 e. The number of aliphatic imine (C=N–C) groups is 1. The molecule has 0 aromatic heterocycles. The molecule has 24 heavy (non-hydrogen) atoms. The van der Waals surface area contributed by atoms with Crippen LogP contribution in [0.5, 0.6) is 0 Å². The highest BCUT2D eigenvalue weighted by atomic mass is 32.2. The van der Waals surface area contributed by atoms with Gasteiger partial charge in [-0.1, -0.05) is 24.3 Å². The maximum Gasteiger partial charge on any atom is 0.238 e. The number of rotatable bonds is 2. The Balaban J connectivity index is 2.04. The standard InChI is InChI=1S/C17H14N2O4S/c1-10-15(17(21)14-5-3-2-4-13(14)16(10)20)19-11-6-8-12(9-7-11)24(18,22)23/h2-10H,1H3,(H2,18,22,23). The van der Waals surface area contributed by atoms with E-state index < -0.39 is 15.9 Å². The van der Waals surface area contributed by atoms with E-state index >= 15 is 0 Å². The van der Waals surface area contributed by atoms with Gasteiger partial charge in [0.1, 0.15) is 0 Å². The smallest absolute Gasteiger partial charge is 0.238 e. The van der Waals surface area contributed by atoms with Crippen LogP contribution >= 0.6 is 0 Å². The molecule has 2 aromatic rings. The molecule has 6 nitrogen and oxygen atoms in total. The Morgan fingerprint density at radius 3 is 2.12 bits per heavy atom. The van der Waals surface area contributed by atoms with Crippen LogP contribution in [-0.2, 0) is 10.0 Å². The van der Waals surface area contributed by atoms with Crippen molar-refractivity contribution in [3.8, 4) is 0 Å². The maximum absolute atomic E-state index is 12.6. The van der Waals surface area contributed by atoms with Crippen LogP contribution in [0, 0.1) is 5.92 Å². The highest BCUT2D eigenvalue weighted by Crippen LogP contribution is 2.26. The van der Waals surface area contributed by atoms with Crippen molar-refractivity contribution in [3.63, 3.8) is 0 Å². The van der Waals surface area contributed by atoms with Gasteiger partial charge < -0.3 is 0 Å². The van der Waals surface area contributed by atoms with Crippen molar-refractivity contribution >= 4 is 33.0 Å². The van der Waals surface area contributed by atoms with Crippen molar-refractivity contribution in [2.45, 2.75) is 11.8 Å². The molecule has 7 heteroatoms. The first-order valence-electron chi connectivity index (χ1n) is 7.18.